The standard InChI is InChI=1S/C13H17BrN2S/c1-3-13(4-2)9-17-12(16-13)15-11-8-6-5-7-10(11)14/h5-8H,3-4,9H2,1-2H3,(H,15,16). The predicted molar refractivity (Wildman–Crippen MR) is 81.0 cm³/mol. The lowest BCUT2D eigenvalue weighted by Gasteiger charge is -2.20. The summed E-state index contributed by atoms with van der Waals surface area (Å²) in [7, 11) is 0. The molecular weight excluding hydrogens is 296 g/mol. The molecule has 1 aliphatic heterocycles. The number of amidine groups is 1. The molecule has 0 saturated carbocycles. The first-order valence-corrected chi connectivity index (χ1v) is 7.71. The maximum atomic E-state index is 4.84. The van der Waals surface area contributed by atoms with E-state index in [4.69, 9.17) is 4.99 Å². The van der Waals surface area contributed by atoms with Crippen LogP contribution in [0.15, 0.2) is 33.7 Å². The van der Waals surface area contributed by atoms with E-state index in [1.807, 2.05) is 30.0 Å². The zero-order valence-corrected chi connectivity index (χ0v) is 12.6. The van der Waals surface area contributed by atoms with Crippen molar-refractivity contribution in [2.75, 3.05) is 11.1 Å². The lowest BCUT2D eigenvalue weighted by molar-refractivity contribution is 0.456. The first-order chi connectivity index (χ1) is 8.19. The quantitative estimate of drug-likeness (QED) is 0.887. The zero-order valence-electron chi connectivity index (χ0n) is 10.2. The molecule has 92 valence electrons. The van der Waals surface area contributed by atoms with Crippen molar-refractivity contribution in [1.82, 2.24) is 0 Å². The summed E-state index contributed by atoms with van der Waals surface area (Å²) in [4.78, 5) is 4.84. The smallest absolute Gasteiger partial charge is 0.161 e. The molecule has 0 aromatic heterocycles. The van der Waals surface area contributed by atoms with Gasteiger partial charge in [0.25, 0.3) is 0 Å². The van der Waals surface area contributed by atoms with Crippen LogP contribution in [0.25, 0.3) is 0 Å². The summed E-state index contributed by atoms with van der Waals surface area (Å²) in [6.07, 6.45) is 2.22. The minimum Gasteiger partial charge on any atom is -0.334 e. The van der Waals surface area contributed by atoms with Crippen molar-refractivity contribution in [2.24, 2.45) is 4.99 Å². The average Bonchev–Trinajstić information content (AvgIpc) is 2.76. The number of rotatable bonds is 3. The maximum Gasteiger partial charge on any atom is 0.161 e. The summed E-state index contributed by atoms with van der Waals surface area (Å²) in [5.41, 5.74) is 1.23. The van der Waals surface area contributed by atoms with E-state index < -0.39 is 0 Å². The van der Waals surface area contributed by atoms with Gasteiger partial charge in [0.05, 0.1) is 11.2 Å². The molecule has 1 aromatic carbocycles. The summed E-state index contributed by atoms with van der Waals surface area (Å²) in [6, 6.07) is 8.14. The average molecular weight is 313 g/mol. The highest BCUT2D eigenvalue weighted by molar-refractivity contribution is 9.10. The molecule has 0 fully saturated rings. The van der Waals surface area contributed by atoms with E-state index in [-0.39, 0.29) is 5.54 Å². The SMILES string of the molecule is CCC1(CC)CSC(Nc2ccccc2Br)=N1. The van der Waals surface area contributed by atoms with Crippen molar-refractivity contribution in [3.63, 3.8) is 0 Å². The molecule has 0 unspecified atom stereocenters. The van der Waals surface area contributed by atoms with Gasteiger partial charge >= 0.3 is 0 Å². The van der Waals surface area contributed by atoms with Gasteiger partial charge in [-0.2, -0.15) is 0 Å². The molecule has 0 atom stereocenters. The van der Waals surface area contributed by atoms with E-state index in [0.717, 1.165) is 33.9 Å². The van der Waals surface area contributed by atoms with Crippen molar-refractivity contribution in [1.29, 1.82) is 0 Å². The fourth-order valence-electron chi connectivity index (χ4n) is 1.84. The van der Waals surface area contributed by atoms with Gasteiger partial charge in [0, 0.05) is 10.2 Å². The fourth-order valence-corrected chi connectivity index (χ4v) is 3.54. The van der Waals surface area contributed by atoms with E-state index in [0.29, 0.717) is 0 Å². The molecule has 2 rings (SSSR count). The number of para-hydroxylation sites is 1. The Labute approximate surface area is 115 Å². The van der Waals surface area contributed by atoms with Crippen LogP contribution in [-0.4, -0.2) is 16.5 Å². The van der Waals surface area contributed by atoms with Gasteiger partial charge in [-0.25, -0.2) is 0 Å². The van der Waals surface area contributed by atoms with E-state index >= 15 is 0 Å². The monoisotopic (exact) mass is 312 g/mol. The lowest BCUT2D eigenvalue weighted by atomic mass is 9.97. The summed E-state index contributed by atoms with van der Waals surface area (Å²) in [6.45, 7) is 4.43. The van der Waals surface area contributed by atoms with Gasteiger partial charge in [-0.3, -0.25) is 4.99 Å². The summed E-state index contributed by atoms with van der Waals surface area (Å²) in [5, 5.41) is 4.44. The molecule has 0 amide bonds. The molecule has 0 spiro atoms. The number of aliphatic imine (C=N–C) groups is 1. The summed E-state index contributed by atoms with van der Waals surface area (Å²) in [5.74, 6) is 1.09. The van der Waals surface area contributed by atoms with Gasteiger partial charge in [-0.05, 0) is 40.9 Å². The van der Waals surface area contributed by atoms with Crippen LogP contribution in [0.3, 0.4) is 0 Å². The summed E-state index contributed by atoms with van der Waals surface area (Å²) >= 11 is 5.36. The molecule has 1 heterocycles. The van der Waals surface area contributed by atoms with Gasteiger partial charge in [0.2, 0.25) is 0 Å². The number of anilines is 1. The Kier molecular flexibility index (Phi) is 4.15. The van der Waals surface area contributed by atoms with Crippen LogP contribution in [0.5, 0.6) is 0 Å². The second kappa shape index (κ2) is 5.44. The number of benzene rings is 1. The first kappa shape index (κ1) is 13.0. The third kappa shape index (κ3) is 2.86. The first-order valence-electron chi connectivity index (χ1n) is 5.93. The van der Waals surface area contributed by atoms with Crippen LogP contribution >= 0.6 is 27.7 Å². The van der Waals surface area contributed by atoms with Gasteiger partial charge in [-0.1, -0.05) is 37.7 Å². The van der Waals surface area contributed by atoms with E-state index in [2.05, 4.69) is 41.2 Å². The largest absolute Gasteiger partial charge is 0.334 e. The number of hydrogen-bond acceptors (Lipinski definition) is 3. The van der Waals surface area contributed by atoms with Gasteiger partial charge < -0.3 is 5.32 Å². The highest BCUT2D eigenvalue weighted by Gasteiger charge is 2.32. The Morgan fingerprint density at radius 2 is 2.06 bits per heavy atom. The van der Waals surface area contributed by atoms with Crippen LogP contribution in [0.4, 0.5) is 5.69 Å². The molecule has 1 N–H and O–H groups in total. The van der Waals surface area contributed by atoms with Crippen molar-refractivity contribution in [3.8, 4) is 0 Å². The van der Waals surface area contributed by atoms with Crippen LogP contribution in [0.2, 0.25) is 0 Å². The molecule has 4 heteroatoms. The molecule has 0 saturated heterocycles. The summed E-state index contributed by atoms with van der Waals surface area (Å²) < 4.78 is 1.08. The van der Waals surface area contributed by atoms with Crippen LogP contribution in [0.1, 0.15) is 26.7 Å². The minimum absolute atomic E-state index is 0.147. The van der Waals surface area contributed by atoms with Crippen molar-refractivity contribution in [3.05, 3.63) is 28.7 Å². The molecule has 1 aliphatic rings. The van der Waals surface area contributed by atoms with Crippen LogP contribution in [-0.2, 0) is 0 Å². The second-order valence-corrected chi connectivity index (χ2v) is 6.06. The lowest BCUT2D eigenvalue weighted by Crippen LogP contribution is -2.24. The van der Waals surface area contributed by atoms with Gasteiger partial charge in [0.1, 0.15) is 0 Å². The number of nitrogens with zero attached hydrogens (tertiary/aromatic N) is 1. The number of halogens is 1. The van der Waals surface area contributed by atoms with Crippen molar-refractivity contribution >= 4 is 38.5 Å². The molecule has 1 aromatic rings. The number of thioether (sulfide) groups is 1. The molecule has 0 bridgehead atoms. The highest BCUT2D eigenvalue weighted by atomic mass is 79.9. The Morgan fingerprint density at radius 1 is 1.35 bits per heavy atom. The van der Waals surface area contributed by atoms with E-state index in [1.165, 1.54) is 0 Å². The topological polar surface area (TPSA) is 24.4 Å². The highest BCUT2D eigenvalue weighted by Crippen LogP contribution is 2.34. The molecule has 2 nitrogen and oxygen atoms in total. The zero-order chi connectivity index (χ0) is 12.3. The fraction of sp³-hybridized carbons (Fsp3) is 0.462. The Balaban J connectivity index is 2.14. The van der Waals surface area contributed by atoms with Gasteiger partial charge in [-0.15, -0.1) is 0 Å². The minimum atomic E-state index is 0.147. The Morgan fingerprint density at radius 3 is 2.65 bits per heavy atom. The normalized spacial score (nSPS) is 17.9. The van der Waals surface area contributed by atoms with E-state index in [1.54, 1.807) is 0 Å². The Hall–Kier alpha value is -0.480. The number of nitrogens with one attached hydrogen (secondary N) is 1. The maximum absolute atomic E-state index is 4.84. The van der Waals surface area contributed by atoms with Crippen LogP contribution < -0.4 is 5.32 Å². The third-order valence-electron chi connectivity index (χ3n) is 3.25. The van der Waals surface area contributed by atoms with Crippen LogP contribution in [0, 0.1) is 0 Å². The Bertz CT molecular complexity index is 427. The molecule has 0 aliphatic carbocycles. The number of hydrogen-bond donors (Lipinski definition) is 1. The molecular formula is C13H17BrN2S. The predicted octanol–water partition coefficient (Wildman–Crippen LogP) is 4.52. The van der Waals surface area contributed by atoms with Gasteiger partial charge in [0.15, 0.2) is 5.17 Å². The molecule has 17 heavy (non-hydrogen) atoms. The molecule has 0 radical (unpaired) electrons. The second-order valence-electron chi connectivity index (χ2n) is 4.24. The van der Waals surface area contributed by atoms with Crippen molar-refractivity contribution < 1.29 is 0 Å². The third-order valence-corrected chi connectivity index (χ3v) is 5.09. The van der Waals surface area contributed by atoms with E-state index in [9.17, 15) is 0 Å². The van der Waals surface area contributed by atoms with Crippen molar-refractivity contribution in [2.45, 2.75) is 32.2 Å².